The van der Waals surface area contributed by atoms with Crippen molar-refractivity contribution >= 4 is 5.91 Å². The quantitative estimate of drug-likeness (QED) is 0.897. The number of likely N-dealkylation sites (tertiary alicyclic amines) is 1. The van der Waals surface area contributed by atoms with Gasteiger partial charge in [-0.1, -0.05) is 24.3 Å². The highest BCUT2D eigenvalue weighted by atomic mass is 16.2. The topological polar surface area (TPSA) is 54.3 Å². The van der Waals surface area contributed by atoms with Gasteiger partial charge in [0.25, 0.3) is 5.91 Å². The normalized spacial score (nSPS) is 17.4. The van der Waals surface area contributed by atoms with E-state index >= 15 is 0 Å². The summed E-state index contributed by atoms with van der Waals surface area (Å²) < 4.78 is 1.75. The molecule has 0 radical (unpaired) electrons. The van der Waals surface area contributed by atoms with Gasteiger partial charge in [0.2, 0.25) is 0 Å². The summed E-state index contributed by atoms with van der Waals surface area (Å²) in [5.41, 5.74) is 3.85. The van der Waals surface area contributed by atoms with E-state index in [0.29, 0.717) is 18.2 Å². The Morgan fingerprint density at radius 3 is 2.77 bits per heavy atom. The lowest BCUT2D eigenvalue weighted by atomic mass is 9.94. The number of benzene rings is 1. The van der Waals surface area contributed by atoms with E-state index < -0.39 is 0 Å². The number of rotatable bonds is 5. The van der Waals surface area contributed by atoms with Crippen molar-refractivity contribution in [3.63, 3.8) is 0 Å². The summed E-state index contributed by atoms with van der Waals surface area (Å²) in [6.45, 7) is 7.50. The molecule has 1 aromatic carbocycles. The van der Waals surface area contributed by atoms with Gasteiger partial charge in [-0.2, -0.15) is 0 Å². The molecule has 0 bridgehead atoms. The van der Waals surface area contributed by atoms with E-state index in [0.717, 1.165) is 31.7 Å². The van der Waals surface area contributed by atoms with Crippen molar-refractivity contribution < 1.29 is 4.79 Å². The first-order chi connectivity index (χ1) is 12.5. The van der Waals surface area contributed by atoms with E-state index in [4.69, 9.17) is 0 Å². The van der Waals surface area contributed by atoms with Crippen molar-refractivity contribution in [3.05, 3.63) is 69.1 Å². The van der Waals surface area contributed by atoms with Crippen LogP contribution in [0.5, 0.6) is 0 Å². The minimum absolute atomic E-state index is 0.133. The van der Waals surface area contributed by atoms with Crippen LogP contribution in [0.3, 0.4) is 0 Å². The summed E-state index contributed by atoms with van der Waals surface area (Å²) >= 11 is 0. The maximum Gasteiger partial charge on any atom is 0.268 e. The summed E-state index contributed by atoms with van der Waals surface area (Å²) in [5.74, 6) is 0.382. The molecule has 0 unspecified atom stereocenters. The molecule has 26 heavy (non-hydrogen) atoms. The predicted octanol–water partition coefficient (Wildman–Crippen LogP) is 2.22. The summed E-state index contributed by atoms with van der Waals surface area (Å²) in [7, 11) is 1.80. The fraction of sp³-hybridized carbons (Fsp3) is 0.429. The molecule has 5 heteroatoms. The van der Waals surface area contributed by atoms with Gasteiger partial charge in [-0.3, -0.25) is 9.59 Å². The molecule has 3 rings (SSSR count). The molecule has 0 aliphatic carbocycles. The number of nitrogens with zero attached hydrogens (tertiary/aromatic N) is 2. The van der Waals surface area contributed by atoms with Crippen LogP contribution in [0.2, 0.25) is 0 Å². The van der Waals surface area contributed by atoms with E-state index in [9.17, 15) is 9.59 Å². The maximum atomic E-state index is 12.4. The van der Waals surface area contributed by atoms with E-state index in [1.807, 2.05) is 6.92 Å². The first kappa shape index (κ1) is 18.4. The van der Waals surface area contributed by atoms with Gasteiger partial charge in [0, 0.05) is 44.5 Å². The molecule has 138 valence electrons. The highest BCUT2D eigenvalue weighted by Crippen LogP contribution is 2.28. The zero-order valence-electron chi connectivity index (χ0n) is 15.8. The highest BCUT2D eigenvalue weighted by molar-refractivity contribution is 5.92. The number of carbonyl (C=O) groups excluding carboxylic acids is 1. The Bertz CT molecular complexity index is 857. The fourth-order valence-corrected chi connectivity index (χ4v) is 3.74. The third-order valence-electron chi connectivity index (χ3n) is 5.37. The Morgan fingerprint density at radius 1 is 1.23 bits per heavy atom. The van der Waals surface area contributed by atoms with Crippen molar-refractivity contribution in [3.8, 4) is 0 Å². The van der Waals surface area contributed by atoms with E-state index in [-0.39, 0.29) is 11.3 Å². The van der Waals surface area contributed by atoms with Crippen LogP contribution < -0.4 is 10.7 Å². The molecular weight excluding hydrogens is 326 g/mol. The van der Waals surface area contributed by atoms with Crippen LogP contribution in [0.25, 0.3) is 0 Å². The monoisotopic (exact) mass is 353 g/mol. The number of hydrogen-bond donors (Lipinski definition) is 1. The molecule has 0 saturated carbocycles. The van der Waals surface area contributed by atoms with Crippen LogP contribution >= 0.6 is 0 Å². The number of pyridine rings is 1. The van der Waals surface area contributed by atoms with Crippen LogP contribution in [0.4, 0.5) is 0 Å². The first-order valence-corrected chi connectivity index (χ1v) is 9.19. The van der Waals surface area contributed by atoms with E-state index in [1.165, 1.54) is 23.3 Å². The van der Waals surface area contributed by atoms with Crippen LogP contribution in [0, 0.1) is 13.8 Å². The van der Waals surface area contributed by atoms with Gasteiger partial charge >= 0.3 is 0 Å². The minimum Gasteiger partial charge on any atom is -0.349 e. The Balaban J connectivity index is 1.52. The minimum atomic E-state index is -0.192. The summed E-state index contributed by atoms with van der Waals surface area (Å²) in [6.07, 6.45) is 1.16. The van der Waals surface area contributed by atoms with E-state index in [1.54, 1.807) is 11.6 Å². The van der Waals surface area contributed by atoms with Gasteiger partial charge in [-0.25, -0.2) is 0 Å². The standard InChI is InChI=1S/C21H27N3O2/c1-15-6-4-5-7-19(15)17-8-10-24(14-17)11-9-22-21(26)20-13-18(25)12-16(2)23(20)3/h4-7,12-13,17H,8-11,14H2,1-3H3,(H,22,26)/t17-/m1/s1. The zero-order chi connectivity index (χ0) is 18.7. The second-order valence-electron chi connectivity index (χ2n) is 7.18. The summed E-state index contributed by atoms with van der Waals surface area (Å²) in [5, 5.41) is 2.95. The lowest BCUT2D eigenvalue weighted by molar-refractivity contribution is 0.0940. The van der Waals surface area contributed by atoms with Crippen LogP contribution in [-0.4, -0.2) is 41.6 Å². The van der Waals surface area contributed by atoms with Gasteiger partial charge in [0.1, 0.15) is 5.69 Å². The molecule has 1 saturated heterocycles. The Kier molecular flexibility index (Phi) is 5.57. The average Bonchev–Trinajstić information content (AvgIpc) is 3.07. The second kappa shape index (κ2) is 7.87. The van der Waals surface area contributed by atoms with Crippen molar-refractivity contribution in [1.82, 2.24) is 14.8 Å². The largest absolute Gasteiger partial charge is 0.349 e. The molecule has 0 spiro atoms. The van der Waals surface area contributed by atoms with Crippen molar-refractivity contribution in [2.45, 2.75) is 26.2 Å². The summed E-state index contributed by atoms with van der Waals surface area (Å²) in [4.78, 5) is 26.4. The highest BCUT2D eigenvalue weighted by Gasteiger charge is 2.24. The summed E-state index contributed by atoms with van der Waals surface area (Å²) in [6, 6.07) is 11.5. The lowest BCUT2D eigenvalue weighted by Gasteiger charge is -2.18. The third kappa shape index (κ3) is 4.05. The van der Waals surface area contributed by atoms with Gasteiger partial charge in [0.15, 0.2) is 5.43 Å². The molecule has 2 aromatic rings. The van der Waals surface area contributed by atoms with Gasteiger partial charge < -0.3 is 14.8 Å². The Hall–Kier alpha value is -2.40. The van der Waals surface area contributed by atoms with Crippen molar-refractivity contribution in [1.29, 1.82) is 0 Å². The lowest BCUT2D eigenvalue weighted by Crippen LogP contribution is -2.35. The molecule has 1 fully saturated rings. The molecule has 1 aromatic heterocycles. The molecular formula is C21H27N3O2. The Labute approximate surface area is 154 Å². The van der Waals surface area contributed by atoms with E-state index in [2.05, 4.69) is 41.4 Å². The Morgan fingerprint density at radius 2 is 2.00 bits per heavy atom. The number of aromatic nitrogens is 1. The van der Waals surface area contributed by atoms with Gasteiger partial charge in [-0.05, 0) is 43.9 Å². The maximum absolute atomic E-state index is 12.4. The van der Waals surface area contributed by atoms with Crippen molar-refractivity contribution in [2.75, 3.05) is 26.2 Å². The zero-order valence-corrected chi connectivity index (χ0v) is 15.8. The third-order valence-corrected chi connectivity index (χ3v) is 5.37. The molecule has 1 N–H and O–H groups in total. The number of nitrogens with one attached hydrogen (secondary N) is 1. The number of carbonyl (C=O) groups is 1. The molecule has 5 nitrogen and oxygen atoms in total. The van der Waals surface area contributed by atoms with Crippen LogP contribution in [0.15, 0.2) is 41.2 Å². The molecule has 1 amide bonds. The molecule has 1 aliphatic heterocycles. The first-order valence-electron chi connectivity index (χ1n) is 9.19. The van der Waals surface area contributed by atoms with Crippen LogP contribution in [-0.2, 0) is 7.05 Å². The van der Waals surface area contributed by atoms with Gasteiger partial charge in [0.05, 0.1) is 0 Å². The molecule has 1 atom stereocenters. The fourth-order valence-electron chi connectivity index (χ4n) is 3.74. The molecule has 1 aliphatic rings. The van der Waals surface area contributed by atoms with Crippen LogP contribution in [0.1, 0.15) is 39.6 Å². The predicted molar refractivity (Wildman–Crippen MR) is 104 cm³/mol. The number of aryl methyl sites for hydroxylation is 2. The SMILES string of the molecule is Cc1ccccc1[C@@H]1CCN(CCNC(=O)c2cc(=O)cc(C)n2C)C1. The number of amides is 1. The van der Waals surface area contributed by atoms with Crippen molar-refractivity contribution in [2.24, 2.45) is 7.05 Å². The average molecular weight is 353 g/mol. The smallest absolute Gasteiger partial charge is 0.268 e. The van der Waals surface area contributed by atoms with Gasteiger partial charge in [-0.15, -0.1) is 0 Å². The molecule has 2 heterocycles. The number of hydrogen-bond acceptors (Lipinski definition) is 3. The second-order valence-corrected chi connectivity index (χ2v) is 7.18.